The molecule has 5 rings (SSSR count). The second-order valence-corrected chi connectivity index (χ2v) is 15.2. The van der Waals surface area contributed by atoms with Crippen LogP contribution in [0.1, 0.15) is 61.3 Å². The Morgan fingerprint density at radius 3 is 2.61 bits per heavy atom. The van der Waals surface area contributed by atoms with E-state index in [9.17, 15) is 4.39 Å². The van der Waals surface area contributed by atoms with Crippen LogP contribution in [0.5, 0.6) is 5.88 Å². The zero-order chi connectivity index (χ0) is 29.4. The number of hydrogen-bond donors (Lipinski definition) is 1. The lowest BCUT2D eigenvalue weighted by Gasteiger charge is -2.42. The molecule has 10 heteroatoms. The molecule has 2 fully saturated rings. The molecule has 3 aromatic rings. The summed E-state index contributed by atoms with van der Waals surface area (Å²) in [6.07, 6.45) is 4.07. The minimum atomic E-state index is -0.299. The van der Waals surface area contributed by atoms with E-state index >= 15 is 0 Å². The molecule has 2 aromatic heterocycles. The second-order valence-electron chi connectivity index (χ2n) is 12.9. The molecule has 0 amide bonds. The van der Waals surface area contributed by atoms with Crippen molar-refractivity contribution in [1.82, 2.24) is 14.8 Å². The van der Waals surface area contributed by atoms with Crippen LogP contribution in [0.4, 0.5) is 15.9 Å². The van der Waals surface area contributed by atoms with Gasteiger partial charge in [0.1, 0.15) is 11.5 Å². The van der Waals surface area contributed by atoms with Gasteiger partial charge in [-0.1, -0.05) is 40.7 Å². The predicted octanol–water partition coefficient (Wildman–Crippen LogP) is 8.02. The van der Waals surface area contributed by atoms with Crippen LogP contribution in [-0.4, -0.2) is 44.5 Å². The highest BCUT2D eigenvalue weighted by Crippen LogP contribution is 2.68. The molecule has 1 saturated heterocycles. The summed E-state index contributed by atoms with van der Waals surface area (Å²) < 4.78 is 27.3. The standard InChI is InChI=1S/C31H42FN5O2S2/c1-21-13-15-29(2,3)36(17-18-40-21)28-24(35-39-41-23-10-8-9-22(32)19-23)11-12-26(33-28)37-16-14-27(34-37)38-20-25-30(4,5)31(25,6)7/h8-12,14,16,19,21,25,35H,13,15,17-18,20H2,1-7H3. The molecule has 3 heterocycles. The first-order valence-electron chi connectivity index (χ1n) is 14.3. The maximum atomic E-state index is 13.7. The van der Waals surface area contributed by atoms with Crippen molar-refractivity contribution in [2.45, 2.75) is 77.0 Å². The Balaban J connectivity index is 1.38. The van der Waals surface area contributed by atoms with E-state index in [2.05, 4.69) is 58.8 Å². The molecule has 0 spiro atoms. The van der Waals surface area contributed by atoms with Crippen molar-refractivity contribution in [2.75, 3.05) is 29.3 Å². The van der Waals surface area contributed by atoms with Crippen LogP contribution in [-0.2, 0) is 4.28 Å². The van der Waals surface area contributed by atoms with E-state index < -0.39 is 0 Å². The van der Waals surface area contributed by atoms with E-state index in [0.29, 0.717) is 34.4 Å². The minimum absolute atomic E-state index is 0.116. The Kier molecular flexibility index (Phi) is 8.56. The van der Waals surface area contributed by atoms with Gasteiger partial charge in [0.15, 0.2) is 11.6 Å². The van der Waals surface area contributed by atoms with Gasteiger partial charge in [-0.25, -0.2) is 19.5 Å². The molecule has 1 atom stereocenters. The third-order valence-corrected chi connectivity index (χ3v) is 11.2. The molecule has 2 aliphatic rings. The first-order valence-corrected chi connectivity index (χ1v) is 16.1. The van der Waals surface area contributed by atoms with Gasteiger partial charge < -0.3 is 9.64 Å². The lowest BCUT2D eigenvalue weighted by Crippen LogP contribution is -2.47. The van der Waals surface area contributed by atoms with Crippen molar-refractivity contribution in [2.24, 2.45) is 16.7 Å². The molecular weight excluding hydrogens is 558 g/mol. The van der Waals surface area contributed by atoms with Crippen LogP contribution in [0.25, 0.3) is 5.82 Å². The van der Waals surface area contributed by atoms with Crippen LogP contribution < -0.4 is 15.1 Å². The number of nitrogens with zero attached hydrogens (tertiary/aromatic N) is 4. The number of benzene rings is 1. The van der Waals surface area contributed by atoms with Crippen molar-refractivity contribution in [3.05, 3.63) is 54.5 Å². The van der Waals surface area contributed by atoms with Crippen LogP contribution in [0.2, 0.25) is 0 Å². The largest absolute Gasteiger partial charge is 0.476 e. The maximum Gasteiger partial charge on any atom is 0.233 e. The summed E-state index contributed by atoms with van der Waals surface area (Å²) in [5, 5.41) is 5.33. The SMILES string of the molecule is CC1CCC(C)(C)N(c2nc(-n3ccc(OCC4C(C)(C)C4(C)C)n3)ccc2NOSc2cccc(F)c2)CCS1. The number of aromatic nitrogens is 3. The summed E-state index contributed by atoms with van der Waals surface area (Å²) in [4.78, 5) is 8.15. The molecule has 1 saturated carbocycles. The molecule has 0 radical (unpaired) electrons. The number of nitrogens with one attached hydrogen (secondary N) is 1. The highest BCUT2D eigenvalue weighted by molar-refractivity contribution is 7.99. The second kappa shape index (κ2) is 11.7. The first-order chi connectivity index (χ1) is 19.4. The van der Waals surface area contributed by atoms with Gasteiger partial charge in [-0.15, -0.1) is 5.10 Å². The summed E-state index contributed by atoms with van der Waals surface area (Å²) >= 11 is 3.07. The number of thioether (sulfide) groups is 1. The fourth-order valence-electron chi connectivity index (χ4n) is 5.73. The van der Waals surface area contributed by atoms with Crippen molar-refractivity contribution >= 4 is 35.3 Å². The van der Waals surface area contributed by atoms with Gasteiger partial charge in [-0.2, -0.15) is 16.0 Å². The molecule has 0 bridgehead atoms. The molecule has 41 heavy (non-hydrogen) atoms. The Hall–Kier alpha value is -2.43. The normalized spacial score (nSPS) is 21.7. The van der Waals surface area contributed by atoms with Gasteiger partial charge in [-0.05, 0) is 67.9 Å². The maximum absolute atomic E-state index is 13.7. The summed E-state index contributed by atoms with van der Waals surface area (Å²) in [6.45, 7) is 17.6. The number of rotatable bonds is 9. The highest BCUT2D eigenvalue weighted by Gasteiger charge is 2.64. The van der Waals surface area contributed by atoms with E-state index in [1.165, 1.54) is 12.1 Å². The topological polar surface area (TPSA) is 64.4 Å². The molecule has 1 unspecified atom stereocenters. The number of ether oxygens (including phenoxy) is 1. The van der Waals surface area contributed by atoms with Crippen LogP contribution in [0, 0.1) is 22.6 Å². The molecule has 222 valence electrons. The Bertz CT molecular complexity index is 1350. The molecule has 1 aromatic carbocycles. The third-order valence-electron chi connectivity index (χ3n) is 9.33. The quantitative estimate of drug-likeness (QED) is 0.196. The van der Waals surface area contributed by atoms with Crippen molar-refractivity contribution < 1.29 is 13.4 Å². The number of hydrogen-bond acceptors (Lipinski definition) is 8. The van der Waals surface area contributed by atoms with Crippen LogP contribution >= 0.6 is 23.8 Å². The average molecular weight is 600 g/mol. The highest BCUT2D eigenvalue weighted by atomic mass is 32.2. The third kappa shape index (κ3) is 6.49. The molecule has 1 aliphatic heterocycles. The lowest BCUT2D eigenvalue weighted by molar-refractivity contribution is 0.262. The van der Waals surface area contributed by atoms with E-state index in [0.717, 1.165) is 48.7 Å². The average Bonchev–Trinajstić information content (AvgIpc) is 3.20. The van der Waals surface area contributed by atoms with Gasteiger partial charge in [0, 0.05) is 46.2 Å². The fraction of sp³-hybridized carbons (Fsp3) is 0.548. The fourth-order valence-corrected chi connectivity index (χ4v) is 7.23. The van der Waals surface area contributed by atoms with Gasteiger partial charge in [0.25, 0.3) is 0 Å². The van der Waals surface area contributed by atoms with E-state index in [4.69, 9.17) is 19.1 Å². The Labute approximate surface area is 252 Å². The number of pyridine rings is 1. The lowest BCUT2D eigenvalue weighted by atomic mass is 9.94. The summed E-state index contributed by atoms with van der Waals surface area (Å²) in [7, 11) is 0. The zero-order valence-corrected chi connectivity index (χ0v) is 26.7. The van der Waals surface area contributed by atoms with Gasteiger partial charge in [0.2, 0.25) is 5.88 Å². The van der Waals surface area contributed by atoms with Crippen molar-refractivity contribution in [3.8, 4) is 11.7 Å². The molecule has 7 nitrogen and oxygen atoms in total. The van der Waals surface area contributed by atoms with E-state index in [-0.39, 0.29) is 22.2 Å². The first kappa shape index (κ1) is 30.0. The number of anilines is 2. The van der Waals surface area contributed by atoms with Crippen molar-refractivity contribution in [1.29, 1.82) is 0 Å². The van der Waals surface area contributed by atoms with Crippen molar-refractivity contribution in [3.63, 3.8) is 0 Å². The van der Waals surface area contributed by atoms with Gasteiger partial charge in [-0.3, -0.25) is 0 Å². The molecule has 1 aliphatic carbocycles. The summed E-state index contributed by atoms with van der Waals surface area (Å²) in [5.41, 5.74) is 4.23. The van der Waals surface area contributed by atoms with Gasteiger partial charge >= 0.3 is 0 Å². The smallest absolute Gasteiger partial charge is 0.233 e. The van der Waals surface area contributed by atoms with Gasteiger partial charge in [0.05, 0.1) is 18.6 Å². The van der Waals surface area contributed by atoms with Crippen LogP contribution in [0.15, 0.2) is 53.6 Å². The van der Waals surface area contributed by atoms with E-state index in [1.54, 1.807) is 16.8 Å². The van der Waals surface area contributed by atoms with Crippen LogP contribution in [0.3, 0.4) is 0 Å². The Morgan fingerprint density at radius 1 is 1.10 bits per heavy atom. The summed E-state index contributed by atoms with van der Waals surface area (Å²) in [6, 6.07) is 12.1. The van der Waals surface area contributed by atoms with E-state index in [1.807, 2.05) is 36.2 Å². The molecule has 1 N–H and O–H groups in total. The zero-order valence-electron chi connectivity index (χ0n) is 25.1. The monoisotopic (exact) mass is 599 g/mol. The Morgan fingerprint density at radius 2 is 1.88 bits per heavy atom. The predicted molar refractivity (Wildman–Crippen MR) is 167 cm³/mol. The minimum Gasteiger partial charge on any atom is -0.476 e. The number of halogens is 1. The molecular formula is C31H42FN5O2S2. The summed E-state index contributed by atoms with van der Waals surface area (Å²) in [5.74, 6) is 3.29.